The molecule has 0 rings (SSSR count). The first kappa shape index (κ1) is 53.2. The number of aliphatic hydroxyl groups excluding tert-OH is 2. The molecule has 322 valence electrons. The quantitative estimate of drug-likeness (QED) is 0.0239. The fourth-order valence-corrected chi connectivity index (χ4v) is 7.26. The number of carbonyl (C=O) groups is 1. The van der Waals surface area contributed by atoms with Gasteiger partial charge in [0, 0.05) is 13.0 Å². The van der Waals surface area contributed by atoms with Crippen molar-refractivity contribution in [2.24, 2.45) is 0 Å². The Morgan fingerprint density at radius 1 is 0.556 bits per heavy atom. The fraction of sp³-hybridized carbons (Fsp3) is 0.932. The zero-order chi connectivity index (χ0) is 39.6. The van der Waals surface area contributed by atoms with Crippen molar-refractivity contribution in [2.45, 2.75) is 232 Å². The minimum Gasteiger partial charge on any atom is -0.457 e. The molecule has 3 N–H and O–H groups in total. The topological polar surface area (TPSA) is 132 Å². The monoisotopic (exact) mass is 791 g/mol. The molecule has 0 spiro atoms. The van der Waals surface area contributed by atoms with E-state index in [1.54, 1.807) is 0 Å². The van der Waals surface area contributed by atoms with E-state index >= 15 is 0 Å². The van der Waals surface area contributed by atoms with E-state index in [-0.39, 0.29) is 25.6 Å². The Morgan fingerprint density at radius 3 is 1.39 bits per heavy atom. The number of phosphoric acid groups is 1. The Morgan fingerprint density at radius 2 is 0.944 bits per heavy atom. The fourth-order valence-electron chi connectivity index (χ4n) is 6.47. The van der Waals surface area contributed by atoms with Gasteiger partial charge in [0.15, 0.2) is 0 Å². The van der Waals surface area contributed by atoms with Crippen LogP contribution in [0.4, 0.5) is 0 Å². The number of hydrogen-bond acceptors (Lipinski definition) is 8. The lowest BCUT2D eigenvalue weighted by molar-refractivity contribution is -0.154. The number of aliphatic hydroxyl groups is 2. The van der Waals surface area contributed by atoms with Crippen LogP contribution < -0.4 is 0 Å². The van der Waals surface area contributed by atoms with Gasteiger partial charge in [-0.2, -0.15) is 0 Å². The Kier molecular flexibility index (Phi) is 41.2. The van der Waals surface area contributed by atoms with Gasteiger partial charge in [-0.25, -0.2) is 4.57 Å². The molecule has 54 heavy (non-hydrogen) atoms. The average molecular weight is 791 g/mol. The Hall–Kier alpha value is -0.800. The van der Waals surface area contributed by atoms with E-state index < -0.39 is 33.2 Å². The number of phosphoric ester groups is 1. The van der Waals surface area contributed by atoms with Crippen LogP contribution in [-0.4, -0.2) is 66.3 Å². The molecule has 0 saturated carbocycles. The molecule has 3 atom stereocenters. The second-order valence-corrected chi connectivity index (χ2v) is 16.9. The lowest BCUT2D eigenvalue weighted by Gasteiger charge is -2.20. The van der Waals surface area contributed by atoms with E-state index in [0.717, 1.165) is 51.4 Å². The third-order valence-corrected chi connectivity index (χ3v) is 10.9. The lowest BCUT2D eigenvalue weighted by Crippen LogP contribution is -2.29. The van der Waals surface area contributed by atoms with Crippen molar-refractivity contribution in [3.63, 3.8) is 0 Å². The number of rotatable bonds is 44. The van der Waals surface area contributed by atoms with Crippen LogP contribution in [0.2, 0.25) is 0 Å². The van der Waals surface area contributed by atoms with E-state index in [1.165, 1.54) is 148 Å². The lowest BCUT2D eigenvalue weighted by atomic mass is 10.0. The van der Waals surface area contributed by atoms with E-state index in [1.807, 2.05) is 0 Å². The number of unbranched alkanes of at least 4 members (excludes halogenated alkanes) is 28. The van der Waals surface area contributed by atoms with Crippen molar-refractivity contribution in [3.05, 3.63) is 12.2 Å². The maximum absolute atomic E-state index is 12.6. The first-order valence-corrected chi connectivity index (χ1v) is 24.2. The van der Waals surface area contributed by atoms with Crippen LogP contribution in [0.3, 0.4) is 0 Å². The van der Waals surface area contributed by atoms with Gasteiger partial charge in [0.2, 0.25) is 0 Å². The highest BCUT2D eigenvalue weighted by Crippen LogP contribution is 2.43. The molecule has 0 aromatic carbocycles. The van der Waals surface area contributed by atoms with Gasteiger partial charge in [-0.15, -0.1) is 0 Å². The Labute approximate surface area is 332 Å². The predicted molar refractivity (Wildman–Crippen MR) is 224 cm³/mol. The van der Waals surface area contributed by atoms with Gasteiger partial charge in [0.25, 0.3) is 0 Å². The molecule has 0 aliphatic carbocycles. The van der Waals surface area contributed by atoms with E-state index in [0.29, 0.717) is 6.61 Å². The van der Waals surface area contributed by atoms with Crippen molar-refractivity contribution in [1.82, 2.24) is 0 Å². The molecule has 0 aliphatic heterocycles. The SMILES string of the molecule is CCCCCCC/C=C\CCCCCCCC(=O)OC(COCCCCCCCCCCCCCCCCCCCCC)COP(=O)(O)OCC(O)CO. The molecule has 9 nitrogen and oxygen atoms in total. The largest absolute Gasteiger partial charge is 0.472 e. The summed E-state index contributed by atoms with van der Waals surface area (Å²) in [7, 11) is -4.51. The van der Waals surface area contributed by atoms with Crippen LogP contribution in [0, 0.1) is 0 Å². The average Bonchev–Trinajstić information content (AvgIpc) is 3.16. The van der Waals surface area contributed by atoms with Crippen molar-refractivity contribution in [2.75, 3.05) is 33.0 Å². The van der Waals surface area contributed by atoms with Crippen molar-refractivity contribution >= 4 is 13.8 Å². The summed E-state index contributed by atoms with van der Waals surface area (Å²) < 4.78 is 33.4. The van der Waals surface area contributed by atoms with Gasteiger partial charge < -0.3 is 24.6 Å². The van der Waals surface area contributed by atoms with Gasteiger partial charge in [-0.3, -0.25) is 13.8 Å². The summed E-state index contributed by atoms with van der Waals surface area (Å²) in [5, 5.41) is 18.3. The Bertz CT molecular complexity index is 856. The molecule has 0 fully saturated rings. The van der Waals surface area contributed by atoms with Gasteiger partial charge in [-0.1, -0.05) is 187 Å². The number of carbonyl (C=O) groups excluding carboxylic acids is 1. The van der Waals surface area contributed by atoms with E-state index in [4.69, 9.17) is 23.6 Å². The number of hydrogen-bond donors (Lipinski definition) is 3. The van der Waals surface area contributed by atoms with Crippen molar-refractivity contribution in [3.8, 4) is 0 Å². The van der Waals surface area contributed by atoms with E-state index in [9.17, 15) is 19.4 Å². The van der Waals surface area contributed by atoms with Gasteiger partial charge >= 0.3 is 13.8 Å². The molecule has 0 aliphatic rings. The molecule has 0 bridgehead atoms. The molecule has 0 aromatic rings. The standard InChI is InChI=1S/C44H87O9P/c1-3-5-7-9-11-13-15-17-19-20-21-22-23-25-27-29-31-33-35-37-50-40-43(41-52-54(48,49)51-39-42(46)38-45)53-44(47)36-34-32-30-28-26-24-18-16-14-12-10-8-6-4-2/h16,18,42-43,45-46H,3-15,17,19-41H2,1-2H3,(H,48,49)/b18-16-. The molecule has 0 amide bonds. The first-order valence-electron chi connectivity index (χ1n) is 22.7. The molecular weight excluding hydrogens is 703 g/mol. The first-order chi connectivity index (χ1) is 26.3. The zero-order valence-electron chi connectivity index (χ0n) is 35.2. The minimum atomic E-state index is -4.51. The minimum absolute atomic E-state index is 0.0519. The van der Waals surface area contributed by atoms with Gasteiger partial charge in [0.05, 0.1) is 26.4 Å². The second kappa shape index (κ2) is 41.8. The Balaban J connectivity index is 4.10. The predicted octanol–water partition coefficient (Wildman–Crippen LogP) is 12.5. The number of ether oxygens (including phenoxy) is 2. The third kappa shape index (κ3) is 40.9. The summed E-state index contributed by atoms with van der Waals surface area (Å²) >= 11 is 0. The molecule has 0 heterocycles. The molecule has 10 heteroatoms. The van der Waals surface area contributed by atoms with Crippen molar-refractivity contribution < 1.29 is 43.0 Å². The summed E-state index contributed by atoms with van der Waals surface area (Å²) in [6, 6.07) is 0. The summed E-state index contributed by atoms with van der Waals surface area (Å²) in [6.45, 7) is 3.54. The maximum atomic E-state index is 12.6. The highest BCUT2D eigenvalue weighted by atomic mass is 31.2. The van der Waals surface area contributed by atoms with Gasteiger partial charge in [-0.05, 0) is 38.5 Å². The zero-order valence-corrected chi connectivity index (χ0v) is 36.1. The van der Waals surface area contributed by atoms with Crippen LogP contribution in [0.5, 0.6) is 0 Å². The van der Waals surface area contributed by atoms with E-state index in [2.05, 4.69) is 26.0 Å². The van der Waals surface area contributed by atoms with Crippen LogP contribution in [0.1, 0.15) is 219 Å². The summed E-state index contributed by atoms with van der Waals surface area (Å²) in [4.78, 5) is 22.6. The number of esters is 1. The van der Waals surface area contributed by atoms with Crippen LogP contribution in [0.15, 0.2) is 12.2 Å². The molecular formula is C44H87O9P. The van der Waals surface area contributed by atoms with Crippen LogP contribution in [0.25, 0.3) is 0 Å². The highest BCUT2D eigenvalue weighted by Gasteiger charge is 2.26. The van der Waals surface area contributed by atoms with Crippen LogP contribution >= 0.6 is 7.82 Å². The summed E-state index contributed by atoms with van der Waals surface area (Å²) in [6.07, 6.45) is 41.7. The van der Waals surface area contributed by atoms with Crippen LogP contribution in [-0.2, 0) is 27.9 Å². The summed E-state index contributed by atoms with van der Waals surface area (Å²) in [5.41, 5.74) is 0. The van der Waals surface area contributed by atoms with Gasteiger partial charge in [0.1, 0.15) is 12.2 Å². The molecule has 0 aromatic heterocycles. The van der Waals surface area contributed by atoms with Crippen molar-refractivity contribution in [1.29, 1.82) is 0 Å². The maximum Gasteiger partial charge on any atom is 0.472 e. The molecule has 0 saturated heterocycles. The highest BCUT2D eigenvalue weighted by molar-refractivity contribution is 7.47. The second-order valence-electron chi connectivity index (χ2n) is 15.4. The number of allylic oxidation sites excluding steroid dienone is 2. The molecule has 0 radical (unpaired) electrons. The molecule has 3 unspecified atom stereocenters. The summed E-state index contributed by atoms with van der Waals surface area (Å²) in [5.74, 6) is -0.387. The smallest absolute Gasteiger partial charge is 0.457 e. The third-order valence-electron chi connectivity index (χ3n) is 9.95. The normalized spacial score (nSPS) is 14.1.